The molecule has 1 saturated heterocycles. The van der Waals surface area contributed by atoms with Crippen LogP contribution < -0.4 is 16.0 Å². The topological polar surface area (TPSA) is 107 Å². The van der Waals surface area contributed by atoms with E-state index in [4.69, 9.17) is 16.1 Å². The summed E-state index contributed by atoms with van der Waals surface area (Å²) in [5, 5.41) is 13.2. The lowest BCUT2D eigenvalue weighted by molar-refractivity contribution is 0.209. The largest absolute Gasteiger partial charge is 0.383 e. The first-order valence-corrected chi connectivity index (χ1v) is 12.7. The molecule has 1 aromatic carbocycles. The van der Waals surface area contributed by atoms with Crippen molar-refractivity contribution >= 4 is 34.1 Å². The Hall–Kier alpha value is -3.85. The van der Waals surface area contributed by atoms with Crippen LogP contribution in [0.2, 0.25) is 0 Å². The number of hydrogen-bond acceptors (Lipinski definition) is 8. The predicted molar refractivity (Wildman–Crippen MR) is 148 cm³/mol. The van der Waals surface area contributed by atoms with Crippen LogP contribution in [0.15, 0.2) is 60.5 Å². The fourth-order valence-corrected chi connectivity index (χ4v) is 4.95. The lowest BCUT2D eigenvalue weighted by atomic mass is 9.95. The van der Waals surface area contributed by atoms with E-state index in [1.807, 2.05) is 18.2 Å². The third kappa shape index (κ3) is 5.32. The van der Waals surface area contributed by atoms with E-state index in [1.165, 1.54) is 12.4 Å². The van der Waals surface area contributed by atoms with Crippen molar-refractivity contribution in [2.45, 2.75) is 39.0 Å². The average Bonchev–Trinajstić information content (AvgIpc) is 2.91. The van der Waals surface area contributed by atoms with Crippen molar-refractivity contribution in [3.05, 3.63) is 71.6 Å². The molecule has 0 saturated carbocycles. The Bertz CT molecular complexity index is 1360. The van der Waals surface area contributed by atoms with Crippen LogP contribution in [0.4, 0.5) is 21.8 Å². The molecule has 1 aliphatic carbocycles. The second-order valence-electron chi connectivity index (χ2n) is 9.79. The molecule has 2 aliphatic rings. The number of rotatable bonds is 7. The molecule has 37 heavy (non-hydrogen) atoms. The smallest absolute Gasteiger partial charge is 0.141 e. The molecule has 3 aromatic rings. The summed E-state index contributed by atoms with van der Waals surface area (Å²) in [5.41, 5.74) is 9.27. The highest BCUT2D eigenvalue weighted by Gasteiger charge is 2.24. The zero-order valence-corrected chi connectivity index (χ0v) is 21.3. The molecule has 3 heterocycles. The number of halogens is 1. The quantitative estimate of drug-likeness (QED) is 0.414. The van der Waals surface area contributed by atoms with Crippen LogP contribution in [-0.4, -0.2) is 64.0 Å². The number of hydrogen-bond donors (Lipinski definition) is 3. The molecule has 5 rings (SSSR count). The van der Waals surface area contributed by atoms with Crippen LogP contribution in [-0.2, 0) is 6.54 Å². The SMILES string of the molecule is CC(C)N1CCN(c2nc3ccccc3cc2CNc2ncnc(N)c2C(=N)C2=CC=CC(F)C2)CC1. The van der Waals surface area contributed by atoms with E-state index < -0.39 is 6.17 Å². The molecule has 8 nitrogen and oxygen atoms in total. The second kappa shape index (κ2) is 10.6. The van der Waals surface area contributed by atoms with Crippen molar-refractivity contribution in [3.63, 3.8) is 0 Å². The van der Waals surface area contributed by atoms with Crippen molar-refractivity contribution < 1.29 is 4.39 Å². The van der Waals surface area contributed by atoms with Crippen LogP contribution in [0.3, 0.4) is 0 Å². The normalized spacial score (nSPS) is 18.3. The third-order valence-corrected chi connectivity index (χ3v) is 7.05. The van der Waals surface area contributed by atoms with Gasteiger partial charge in [-0.05, 0) is 31.6 Å². The summed E-state index contributed by atoms with van der Waals surface area (Å²) in [6, 6.07) is 10.8. The van der Waals surface area contributed by atoms with E-state index in [2.05, 4.69) is 51.1 Å². The monoisotopic (exact) mass is 500 g/mol. The maximum absolute atomic E-state index is 14.0. The van der Waals surface area contributed by atoms with E-state index in [1.54, 1.807) is 12.2 Å². The molecule has 1 atom stereocenters. The van der Waals surface area contributed by atoms with Gasteiger partial charge in [0.05, 0.1) is 16.8 Å². The number of nitrogen functional groups attached to an aromatic ring is 1. The zero-order valence-electron chi connectivity index (χ0n) is 21.3. The summed E-state index contributed by atoms with van der Waals surface area (Å²) in [5.74, 6) is 1.59. The maximum Gasteiger partial charge on any atom is 0.141 e. The molecule has 2 aromatic heterocycles. The lowest BCUT2D eigenvalue weighted by Crippen LogP contribution is -2.49. The Morgan fingerprint density at radius 1 is 1.19 bits per heavy atom. The Morgan fingerprint density at radius 3 is 2.73 bits per heavy atom. The standard InChI is InChI=1S/C28H33FN8/c1-18(2)36-10-12-37(13-11-36)28-21(14-19-6-3-4-9-23(19)35-28)16-32-27-24(26(31)33-17-34-27)25(30)20-7-5-8-22(29)15-20/h3-9,14,17-18,22,30H,10-13,15-16H2,1-2H3,(H3,31,32,33,34). The first-order valence-electron chi connectivity index (χ1n) is 12.7. The van der Waals surface area contributed by atoms with E-state index >= 15 is 0 Å². The fourth-order valence-electron chi connectivity index (χ4n) is 4.95. The minimum absolute atomic E-state index is 0.129. The molecule has 1 aliphatic heterocycles. The number of allylic oxidation sites excluding steroid dienone is 4. The van der Waals surface area contributed by atoms with Gasteiger partial charge in [-0.3, -0.25) is 10.3 Å². The molecule has 1 fully saturated rings. The Morgan fingerprint density at radius 2 is 1.97 bits per heavy atom. The zero-order chi connectivity index (χ0) is 25.9. The summed E-state index contributed by atoms with van der Waals surface area (Å²) < 4.78 is 14.0. The van der Waals surface area contributed by atoms with E-state index in [0.29, 0.717) is 29.5 Å². The van der Waals surface area contributed by atoms with Gasteiger partial charge in [0, 0.05) is 56.1 Å². The van der Waals surface area contributed by atoms with Gasteiger partial charge >= 0.3 is 0 Å². The maximum atomic E-state index is 14.0. The van der Waals surface area contributed by atoms with Gasteiger partial charge in [0.2, 0.25) is 0 Å². The van der Waals surface area contributed by atoms with Gasteiger partial charge in [-0.25, -0.2) is 19.3 Å². The van der Waals surface area contributed by atoms with Crippen molar-refractivity contribution in [1.82, 2.24) is 19.9 Å². The number of nitrogens with two attached hydrogens (primary N) is 1. The van der Waals surface area contributed by atoms with Crippen molar-refractivity contribution in [2.75, 3.05) is 42.1 Å². The molecular weight excluding hydrogens is 467 g/mol. The molecule has 0 bridgehead atoms. The average molecular weight is 501 g/mol. The van der Waals surface area contributed by atoms with Gasteiger partial charge in [0.25, 0.3) is 0 Å². The van der Waals surface area contributed by atoms with E-state index in [-0.39, 0.29) is 18.0 Å². The number of nitrogens with zero attached hydrogens (tertiary/aromatic N) is 5. The van der Waals surface area contributed by atoms with Gasteiger partial charge < -0.3 is 16.0 Å². The first-order chi connectivity index (χ1) is 17.9. The molecule has 0 amide bonds. The number of alkyl halides is 1. The molecule has 0 spiro atoms. The number of aromatic nitrogens is 3. The Balaban J connectivity index is 1.44. The number of nitrogens with one attached hydrogen (secondary N) is 2. The van der Waals surface area contributed by atoms with Crippen molar-refractivity contribution in [1.29, 1.82) is 5.41 Å². The van der Waals surface area contributed by atoms with E-state index in [0.717, 1.165) is 48.5 Å². The highest BCUT2D eigenvalue weighted by molar-refractivity contribution is 6.16. The number of benzene rings is 1. The van der Waals surface area contributed by atoms with Crippen LogP contribution in [0, 0.1) is 5.41 Å². The van der Waals surface area contributed by atoms with Gasteiger partial charge in [0.1, 0.15) is 30.0 Å². The van der Waals surface area contributed by atoms with E-state index in [9.17, 15) is 4.39 Å². The fraction of sp³-hybridized carbons (Fsp3) is 0.357. The molecule has 4 N–H and O–H groups in total. The molecule has 9 heteroatoms. The van der Waals surface area contributed by atoms with Gasteiger partial charge in [-0.15, -0.1) is 0 Å². The van der Waals surface area contributed by atoms with Crippen LogP contribution in [0.1, 0.15) is 31.4 Å². The molecule has 0 radical (unpaired) electrons. The second-order valence-corrected chi connectivity index (χ2v) is 9.79. The summed E-state index contributed by atoms with van der Waals surface area (Å²) >= 11 is 0. The van der Waals surface area contributed by atoms with Gasteiger partial charge in [-0.1, -0.05) is 36.4 Å². The first kappa shape index (κ1) is 24.8. The lowest BCUT2D eigenvalue weighted by Gasteiger charge is -2.38. The minimum Gasteiger partial charge on any atom is -0.383 e. The predicted octanol–water partition coefficient (Wildman–Crippen LogP) is 4.34. The molecular formula is C28H33FN8. The summed E-state index contributed by atoms with van der Waals surface area (Å²) in [6.07, 6.45) is 5.26. The Labute approximate surface area is 216 Å². The number of para-hydroxylation sites is 1. The van der Waals surface area contributed by atoms with Crippen LogP contribution in [0.25, 0.3) is 10.9 Å². The number of piperazine rings is 1. The van der Waals surface area contributed by atoms with Crippen molar-refractivity contribution in [2.24, 2.45) is 0 Å². The summed E-state index contributed by atoms with van der Waals surface area (Å²) in [6.45, 7) is 8.69. The number of fused-ring (bicyclic) bond motifs is 1. The molecule has 192 valence electrons. The number of pyridine rings is 1. The highest BCUT2D eigenvalue weighted by Crippen LogP contribution is 2.29. The third-order valence-electron chi connectivity index (χ3n) is 7.05. The molecule has 1 unspecified atom stereocenters. The highest BCUT2D eigenvalue weighted by atomic mass is 19.1. The van der Waals surface area contributed by atoms with Crippen molar-refractivity contribution in [3.8, 4) is 0 Å². The van der Waals surface area contributed by atoms with Crippen LogP contribution >= 0.6 is 0 Å². The summed E-state index contributed by atoms with van der Waals surface area (Å²) in [7, 11) is 0. The summed E-state index contributed by atoms with van der Waals surface area (Å²) in [4.78, 5) is 18.4. The number of anilines is 3. The van der Waals surface area contributed by atoms with Gasteiger partial charge in [-0.2, -0.15) is 0 Å². The minimum atomic E-state index is -1.12. The van der Waals surface area contributed by atoms with Gasteiger partial charge in [0.15, 0.2) is 0 Å². The Kier molecular flexibility index (Phi) is 7.14. The van der Waals surface area contributed by atoms with Crippen LogP contribution in [0.5, 0.6) is 0 Å².